The van der Waals surface area contributed by atoms with E-state index < -0.39 is 10.8 Å². The number of nitro benzene ring substituents is 1. The molecule has 142 valence electrons. The number of aliphatic hydroxyl groups excluding tert-OH is 1. The Labute approximate surface area is 161 Å². The summed E-state index contributed by atoms with van der Waals surface area (Å²) in [5, 5.41) is 20.5. The molecule has 0 bridgehead atoms. The van der Waals surface area contributed by atoms with Gasteiger partial charge < -0.3 is 10.0 Å². The van der Waals surface area contributed by atoms with Gasteiger partial charge in [-0.15, -0.1) is 0 Å². The Morgan fingerprint density at radius 3 is 2.33 bits per heavy atom. The van der Waals surface area contributed by atoms with E-state index in [1.54, 1.807) is 31.2 Å². The summed E-state index contributed by atoms with van der Waals surface area (Å²) in [6.07, 6.45) is 0. The van der Waals surface area contributed by atoms with Gasteiger partial charge in [0.2, 0.25) is 0 Å². The van der Waals surface area contributed by atoms with Crippen LogP contribution in [0.1, 0.15) is 38.8 Å². The number of rotatable bonds is 7. The monoisotopic (exact) mass is 389 g/mol. The maximum absolute atomic E-state index is 12.7. The van der Waals surface area contributed by atoms with Crippen LogP contribution in [0.15, 0.2) is 42.5 Å². The van der Waals surface area contributed by atoms with Crippen molar-refractivity contribution in [2.24, 2.45) is 0 Å². The number of nitrogens with one attached hydrogen (secondary N) is 1. The molecule has 0 radical (unpaired) electrons. The number of nitrogens with zero attached hydrogens (tertiary/aromatic N) is 2. The zero-order valence-electron chi connectivity index (χ0n) is 14.6. The number of carbonyl (C=O) groups excluding carboxylic acids is 2. The highest BCUT2D eigenvalue weighted by Gasteiger charge is 2.22. The molecule has 2 N–H and O–H groups in total. The Morgan fingerprint density at radius 2 is 1.81 bits per heavy atom. The zero-order valence-corrected chi connectivity index (χ0v) is 15.5. The van der Waals surface area contributed by atoms with Crippen molar-refractivity contribution < 1.29 is 19.6 Å². The average Bonchev–Trinajstić information content (AvgIpc) is 2.70. The number of thiol groups is 1. The van der Waals surface area contributed by atoms with Crippen molar-refractivity contribution in [3.8, 4) is 0 Å². The Kier molecular flexibility index (Phi) is 6.91. The van der Waals surface area contributed by atoms with E-state index in [9.17, 15) is 19.7 Å². The smallest absolute Gasteiger partial charge is 0.275 e. The van der Waals surface area contributed by atoms with Crippen LogP contribution in [0.5, 0.6) is 0 Å². The third-order valence-electron chi connectivity index (χ3n) is 4.06. The van der Waals surface area contributed by atoms with E-state index in [1.807, 2.05) is 0 Å². The summed E-state index contributed by atoms with van der Waals surface area (Å²) < 4.78 is 2.12. The third kappa shape index (κ3) is 4.83. The number of carbonyl (C=O) groups is 2. The fourth-order valence-corrected chi connectivity index (χ4v) is 2.67. The normalized spacial score (nSPS) is 10.3. The van der Waals surface area contributed by atoms with E-state index in [0.29, 0.717) is 23.2 Å². The lowest BCUT2D eigenvalue weighted by Gasteiger charge is -2.21. The van der Waals surface area contributed by atoms with Crippen LogP contribution in [-0.2, 0) is 13.2 Å². The second-order valence-electron chi connectivity index (χ2n) is 5.72. The highest BCUT2D eigenvalue weighted by molar-refractivity contribution is 7.78. The second-order valence-corrected chi connectivity index (χ2v) is 5.94. The fourth-order valence-electron chi connectivity index (χ4n) is 2.54. The first kappa shape index (κ1) is 20.4. The van der Waals surface area contributed by atoms with Gasteiger partial charge in [0, 0.05) is 29.3 Å². The van der Waals surface area contributed by atoms with Crippen molar-refractivity contribution >= 4 is 30.3 Å². The lowest BCUT2D eigenvalue weighted by molar-refractivity contribution is -0.385. The van der Waals surface area contributed by atoms with Crippen LogP contribution < -0.4 is 4.72 Å². The highest BCUT2D eigenvalue weighted by Crippen LogP contribution is 2.23. The molecule has 2 aromatic rings. The van der Waals surface area contributed by atoms with Crippen molar-refractivity contribution in [1.29, 1.82) is 0 Å². The van der Waals surface area contributed by atoms with Gasteiger partial charge >= 0.3 is 0 Å². The molecule has 0 fully saturated rings. The molecule has 0 saturated heterocycles. The number of hydrogen-bond donors (Lipinski definition) is 3. The van der Waals surface area contributed by atoms with E-state index in [2.05, 4.69) is 17.5 Å². The first-order chi connectivity index (χ1) is 12.9. The first-order valence-electron chi connectivity index (χ1n) is 8.12. The van der Waals surface area contributed by atoms with Crippen LogP contribution in [0.25, 0.3) is 0 Å². The van der Waals surface area contributed by atoms with Gasteiger partial charge in [0.15, 0.2) is 0 Å². The molecule has 0 aliphatic rings. The fraction of sp³-hybridized carbons (Fsp3) is 0.222. The molecule has 2 amide bonds. The maximum atomic E-state index is 12.7. The van der Waals surface area contributed by atoms with Crippen LogP contribution in [0.4, 0.5) is 5.69 Å². The number of nitro groups is 1. The van der Waals surface area contributed by atoms with E-state index in [1.165, 1.54) is 17.0 Å². The lowest BCUT2D eigenvalue weighted by Crippen LogP contribution is -2.30. The Morgan fingerprint density at radius 1 is 1.19 bits per heavy atom. The molecular weight excluding hydrogens is 370 g/mol. The van der Waals surface area contributed by atoms with E-state index in [0.717, 1.165) is 6.07 Å². The number of benzene rings is 2. The summed E-state index contributed by atoms with van der Waals surface area (Å²) in [6.45, 7) is 2.02. The van der Waals surface area contributed by atoms with Crippen LogP contribution in [-0.4, -0.2) is 33.3 Å². The van der Waals surface area contributed by atoms with Crippen molar-refractivity contribution in [3.05, 3.63) is 74.8 Å². The van der Waals surface area contributed by atoms with Crippen LogP contribution >= 0.6 is 12.8 Å². The predicted molar refractivity (Wildman–Crippen MR) is 102 cm³/mol. The van der Waals surface area contributed by atoms with Crippen molar-refractivity contribution in [2.45, 2.75) is 20.1 Å². The second kappa shape index (κ2) is 9.15. The van der Waals surface area contributed by atoms with Crippen molar-refractivity contribution in [3.63, 3.8) is 0 Å². The third-order valence-corrected chi connectivity index (χ3v) is 4.26. The Balaban J connectivity index is 2.30. The lowest BCUT2D eigenvalue weighted by atomic mass is 10.1. The minimum Gasteiger partial charge on any atom is -0.392 e. The number of aliphatic hydroxyl groups is 1. The summed E-state index contributed by atoms with van der Waals surface area (Å²) in [5.41, 5.74) is 1.28. The van der Waals surface area contributed by atoms with Gasteiger partial charge in [-0.2, -0.15) is 0 Å². The average molecular weight is 389 g/mol. The molecule has 0 saturated carbocycles. The van der Waals surface area contributed by atoms with Crippen LogP contribution in [0.3, 0.4) is 0 Å². The Bertz CT molecular complexity index is 855. The molecule has 0 atom stereocenters. The minimum absolute atomic E-state index is 0.0240. The molecule has 0 aromatic heterocycles. The molecular formula is C18H19N3O5S. The molecule has 0 spiro atoms. The molecule has 2 aromatic carbocycles. The zero-order chi connectivity index (χ0) is 20.0. The maximum Gasteiger partial charge on any atom is 0.275 e. The van der Waals surface area contributed by atoms with E-state index in [4.69, 9.17) is 5.11 Å². The van der Waals surface area contributed by atoms with Gasteiger partial charge in [0.1, 0.15) is 0 Å². The molecule has 0 unspecified atom stereocenters. The van der Waals surface area contributed by atoms with Gasteiger partial charge in [-0.3, -0.25) is 24.4 Å². The summed E-state index contributed by atoms with van der Waals surface area (Å²) in [5.74, 6) is -0.839. The van der Waals surface area contributed by atoms with Crippen LogP contribution in [0.2, 0.25) is 0 Å². The molecule has 0 heterocycles. The number of hydrogen-bond acceptors (Lipinski definition) is 6. The summed E-state index contributed by atoms with van der Waals surface area (Å²) >= 11 is 3.65. The SMILES string of the molecule is CCN(Cc1ccc(C(=O)NS)cc1[N+](=O)[O-])C(=O)c1ccc(CO)cc1. The van der Waals surface area contributed by atoms with Crippen molar-refractivity contribution in [1.82, 2.24) is 9.62 Å². The quantitative estimate of drug-likeness (QED) is 0.382. The van der Waals surface area contributed by atoms with Gasteiger partial charge in [0.25, 0.3) is 17.5 Å². The molecule has 8 nitrogen and oxygen atoms in total. The summed E-state index contributed by atoms with van der Waals surface area (Å²) in [4.78, 5) is 36.6. The van der Waals surface area contributed by atoms with Crippen molar-refractivity contribution in [2.75, 3.05) is 6.54 Å². The van der Waals surface area contributed by atoms with E-state index >= 15 is 0 Å². The summed E-state index contributed by atoms with van der Waals surface area (Å²) in [7, 11) is 0. The van der Waals surface area contributed by atoms with Gasteiger partial charge in [-0.1, -0.05) is 24.9 Å². The van der Waals surface area contributed by atoms with Gasteiger partial charge in [-0.05, 0) is 36.8 Å². The molecule has 2 rings (SSSR count). The molecule has 0 aliphatic carbocycles. The predicted octanol–water partition coefficient (Wildman–Crippen LogP) is 2.32. The van der Waals surface area contributed by atoms with E-state index in [-0.39, 0.29) is 30.3 Å². The molecule has 27 heavy (non-hydrogen) atoms. The minimum atomic E-state index is -0.584. The largest absolute Gasteiger partial charge is 0.392 e. The first-order valence-corrected chi connectivity index (χ1v) is 8.56. The van der Waals surface area contributed by atoms with Crippen LogP contribution in [0, 0.1) is 10.1 Å². The molecule has 0 aliphatic heterocycles. The highest BCUT2D eigenvalue weighted by atomic mass is 32.1. The summed E-state index contributed by atoms with van der Waals surface area (Å²) in [6, 6.07) is 10.6. The Hall–Kier alpha value is -2.91. The van der Waals surface area contributed by atoms with Gasteiger partial charge in [-0.25, -0.2) is 0 Å². The number of amides is 2. The topological polar surface area (TPSA) is 113 Å². The standard InChI is InChI=1S/C18H19N3O5S/c1-2-20(18(24)13-5-3-12(11-22)4-6-13)10-15-8-7-14(17(23)19-27)9-16(15)21(25)26/h3-9,22,27H,2,10-11H2,1H3,(H,19,23). The van der Waals surface area contributed by atoms with Gasteiger partial charge in [0.05, 0.1) is 18.1 Å². The molecule has 9 heteroatoms.